The first-order valence-electron chi connectivity index (χ1n) is 7.61. The lowest BCUT2D eigenvalue weighted by Gasteiger charge is -2.26. The lowest BCUT2D eigenvalue weighted by Crippen LogP contribution is -2.33. The maximum atomic E-state index is 6.04. The molecule has 0 spiro atoms. The van der Waals surface area contributed by atoms with E-state index in [1.807, 2.05) is 18.2 Å². The third kappa shape index (κ3) is 3.54. The summed E-state index contributed by atoms with van der Waals surface area (Å²) in [6.07, 6.45) is 4.05. The van der Waals surface area contributed by atoms with Gasteiger partial charge in [-0.25, -0.2) is 0 Å². The van der Waals surface area contributed by atoms with Crippen LogP contribution in [0.4, 0.5) is 10.8 Å². The van der Waals surface area contributed by atoms with E-state index in [0.717, 1.165) is 29.2 Å². The zero-order valence-corrected chi connectivity index (χ0v) is 13.0. The molecule has 0 radical (unpaired) electrons. The highest BCUT2D eigenvalue weighted by Crippen LogP contribution is 2.36. The van der Waals surface area contributed by atoms with Crippen molar-refractivity contribution >= 4 is 22.4 Å². The molecule has 1 saturated heterocycles. The first kappa shape index (κ1) is 14.4. The van der Waals surface area contributed by atoms with Gasteiger partial charge in [0, 0.05) is 13.1 Å². The normalized spacial score (nSPS) is 16.0. The smallest absolute Gasteiger partial charge is 0.147 e. The van der Waals surface area contributed by atoms with E-state index in [2.05, 4.69) is 26.7 Å². The van der Waals surface area contributed by atoms with Gasteiger partial charge in [0.15, 0.2) is 0 Å². The largest absolute Gasteiger partial charge is 0.382 e. The van der Waals surface area contributed by atoms with Gasteiger partial charge in [-0.2, -0.15) is 4.37 Å². The zero-order valence-electron chi connectivity index (χ0n) is 12.2. The topological polar surface area (TPSA) is 54.2 Å². The molecule has 0 saturated carbocycles. The molecule has 1 aromatic heterocycles. The number of anilines is 2. The maximum Gasteiger partial charge on any atom is 0.147 e. The van der Waals surface area contributed by atoms with Crippen LogP contribution in [0.3, 0.4) is 0 Å². The minimum atomic E-state index is 0.617. The summed E-state index contributed by atoms with van der Waals surface area (Å²) in [6.45, 7) is 4.50. The van der Waals surface area contributed by atoms with E-state index in [0.29, 0.717) is 5.82 Å². The van der Waals surface area contributed by atoms with Crippen LogP contribution in [0.25, 0.3) is 11.1 Å². The molecule has 1 aromatic carbocycles. The molecule has 3 rings (SSSR count). The van der Waals surface area contributed by atoms with Crippen LogP contribution in [-0.2, 0) is 0 Å². The first-order chi connectivity index (χ1) is 10.3. The molecule has 0 amide bonds. The molecule has 112 valence electrons. The van der Waals surface area contributed by atoms with E-state index >= 15 is 0 Å². The zero-order chi connectivity index (χ0) is 14.5. The SMILES string of the molecule is Nc1nsc(NCCN2CCCCC2)c1-c1ccccc1. The molecule has 21 heavy (non-hydrogen) atoms. The van der Waals surface area contributed by atoms with Crippen LogP contribution in [0.15, 0.2) is 30.3 Å². The van der Waals surface area contributed by atoms with Crippen LogP contribution in [0.2, 0.25) is 0 Å². The van der Waals surface area contributed by atoms with Gasteiger partial charge in [-0.15, -0.1) is 0 Å². The molecule has 0 bridgehead atoms. The Bertz CT molecular complexity index is 561. The van der Waals surface area contributed by atoms with Gasteiger partial charge in [0.1, 0.15) is 10.8 Å². The molecule has 4 nitrogen and oxygen atoms in total. The molecule has 1 aliphatic rings. The van der Waals surface area contributed by atoms with E-state index in [1.54, 1.807) is 0 Å². The van der Waals surface area contributed by atoms with Crippen molar-refractivity contribution in [3.8, 4) is 11.1 Å². The number of nitrogens with zero attached hydrogens (tertiary/aromatic N) is 2. The molecule has 3 N–H and O–H groups in total. The third-order valence-electron chi connectivity index (χ3n) is 3.94. The Morgan fingerprint density at radius 3 is 2.67 bits per heavy atom. The number of hydrogen-bond donors (Lipinski definition) is 2. The van der Waals surface area contributed by atoms with Gasteiger partial charge in [-0.3, -0.25) is 0 Å². The molecule has 2 heterocycles. The van der Waals surface area contributed by atoms with Crippen molar-refractivity contribution in [2.24, 2.45) is 0 Å². The number of aromatic nitrogens is 1. The number of benzene rings is 1. The molecule has 1 aliphatic heterocycles. The molecule has 2 aromatic rings. The number of rotatable bonds is 5. The number of nitrogens with two attached hydrogens (primary N) is 1. The Morgan fingerprint density at radius 2 is 1.90 bits per heavy atom. The summed E-state index contributed by atoms with van der Waals surface area (Å²) < 4.78 is 4.30. The van der Waals surface area contributed by atoms with Crippen molar-refractivity contribution in [1.82, 2.24) is 9.27 Å². The van der Waals surface area contributed by atoms with Gasteiger partial charge < -0.3 is 16.0 Å². The summed E-state index contributed by atoms with van der Waals surface area (Å²) in [5.74, 6) is 0.617. The minimum Gasteiger partial charge on any atom is -0.382 e. The summed E-state index contributed by atoms with van der Waals surface area (Å²) in [5.41, 5.74) is 8.21. The van der Waals surface area contributed by atoms with Crippen LogP contribution in [0.1, 0.15) is 19.3 Å². The van der Waals surface area contributed by atoms with Crippen LogP contribution in [-0.4, -0.2) is 35.5 Å². The highest BCUT2D eigenvalue weighted by Gasteiger charge is 2.14. The van der Waals surface area contributed by atoms with Crippen molar-refractivity contribution in [1.29, 1.82) is 0 Å². The van der Waals surface area contributed by atoms with Crippen LogP contribution >= 0.6 is 11.5 Å². The van der Waals surface area contributed by atoms with Gasteiger partial charge in [-0.1, -0.05) is 36.8 Å². The van der Waals surface area contributed by atoms with Gasteiger partial charge in [0.2, 0.25) is 0 Å². The lowest BCUT2D eigenvalue weighted by atomic mass is 10.1. The van der Waals surface area contributed by atoms with Crippen LogP contribution in [0, 0.1) is 0 Å². The number of hydrogen-bond acceptors (Lipinski definition) is 5. The number of likely N-dealkylation sites (tertiary alicyclic amines) is 1. The van der Waals surface area contributed by atoms with Crippen molar-refractivity contribution in [3.63, 3.8) is 0 Å². The Morgan fingerprint density at radius 1 is 1.14 bits per heavy atom. The van der Waals surface area contributed by atoms with Gasteiger partial charge in [-0.05, 0) is 43.0 Å². The van der Waals surface area contributed by atoms with Crippen molar-refractivity contribution in [2.75, 3.05) is 37.2 Å². The Balaban J connectivity index is 1.63. The highest BCUT2D eigenvalue weighted by atomic mass is 32.1. The molecule has 0 unspecified atom stereocenters. The maximum absolute atomic E-state index is 6.04. The van der Waals surface area contributed by atoms with E-state index in [-0.39, 0.29) is 0 Å². The number of piperidine rings is 1. The van der Waals surface area contributed by atoms with E-state index in [9.17, 15) is 0 Å². The summed E-state index contributed by atoms with van der Waals surface area (Å²) in [6, 6.07) is 10.2. The monoisotopic (exact) mass is 302 g/mol. The molecular weight excluding hydrogens is 280 g/mol. The second kappa shape index (κ2) is 6.91. The summed E-state index contributed by atoms with van der Waals surface area (Å²) in [7, 11) is 0. The number of nitrogens with one attached hydrogen (secondary N) is 1. The average molecular weight is 302 g/mol. The highest BCUT2D eigenvalue weighted by molar-refractivity contribution is 7.11. The Labute approximate surface area is 130 Å². The molecule has 0 atom stereocenters. The van der Waals surface area contributed by atoms with Crippen molar-refractivity contribution in [3.05, 3.63) is 30.3 Å². The Kier molecular flexibility index (Phi) is 4.72. The lowest BCUT2D eigenvalue weighted by molar-refractivity contribution is 0.237. The predicted molar refractivity (Wildman–Crippen MR) is 90.7 cm³/mol. The summed E-state index contributed by atoms with van der Waals surface area (Å²) in [5, 5.41) is 4.59. The fourth-order valence-corrected chi connectivity index (χ4v) is 3.58. The molecule has 0 aliphatic carbocycles. The third-order valence-corrected chi connectivity index (χ3v) is 4.76. The fraction of sp³-hybridized carbons (Fsp3) is 0.438. The standard InChI is InChI=1S/C16H22N4S/c17-15-14(13-7-3-1-4-8-13)16(21-19-15)18-9-12-20-10-5-2-6-11-20/h1,3-4,7-8,18H,2,5-6,9-12H2,(H2,17,19). The van der Waals surface area contributed by atoms with Gasteiger partial charge >= 0.3 is 0 Å². The summed E-state index contributed by atoms with van der Waals surface area (Å²) >= 11 is 1.45. The second-order valence-corrected chi connectivity index (χ2v) is 6.24. The minimum absolute atomic E-state index is 0.617. The summed E-state index contributed by atoms with van der Waals surface area (Å²) in [4.78, 5) is 2.53. The quantitative estimate of drug-likeness (QED) is 0.890. The molecule has 5 heteroatoms. The van der Waals surface area contributed by atoms with Gasteiger partial charge in [0.25, 0.3) is 0 Å². The fourth-order valence-electron chi connectivity index (χ4n) is 2.82. The van der Waals surface area contributed by atoms with Crippen LogP contribution < -0.4 is 11.1 Å². The molecule has 1 fully saturated rings. The predicted octanol–water partition coefficient (Wildman–Crippen LogP) is 3.29. The first-order valence-corrected chi connectivity index (χ1v) is 8.39. The van der Waals surface area contributed by atoms with Crippen molar-refractivity contribution in [2.45, 2.75) is 19.3 Å². The number of nitrogen functional groups attached to an aromatic ring is 1. The Hall–Kier alpha value is -1.59. The van der Waals surface area contributed by atoms with Gasteiger partial charge in [0.05, 0.1) is 5.56 Å². The average Bonchev–Trinajstić information content (AvgIpc) is 2.90. The molecular formula is C16H22N4S. The van der Waals surface area contributed by atoms with E-state index in [4.69, 9.17) is 5.73 Å². The van der Waals surface area contributed by atoms with Crippen molar-refractivity contribution < 1.29 is 0 Å². The van der Waals surface area contributed by atoms with E-state index < -0.39 is 0 Å². The van der Waals surface area contributed by atoms with E-state index in [1.165, 1.54) is 43.9 Å². The van der Waals surface area contributed by atoms with Crippen LogP contribution in [0.5, 0.6) is 0 Å². The second-order valence-electron chi connectivity index (χ2n) is 5.47.